The minimum Gasteiger partial charge on any atom is -0.331 e. The molecule has 1 N–H and O–H groups in total. The summed E-state index contributed by atoms with van der Waals surface area (Å²) in [6.07, 6.45) is 1.12. The van der Waals surface area contributed by atoms with Crippen molar-refractivity contribution in [2.75, 3.05) is 32.7 Å². The SMILES string of the molecule is Cc1nc2cc(CCN3CCNCC3)ccc2n1C. The molecule has 0 radical (unpaired) electrons. The summed E-state index contributed by atoms with van der Waals surface area (Å²) in [5.74, 6) is 1.08. The van der Waals surface area contributed by atoms with Gasteiger partial charge in [-0.3, -0.25) is 0 Å². The Labute approximate surface area is 114 Å². The van der Waals surface area contributed by atoms with Crippen LogP contribution in [-0.4, -0.2) is 47.2 Å². The van der Waals surface area contributed by atoms with E-state index < -0.39 is 0 Å². The van der Waals surface area contributed by atoms with E-state index >= 15 is 0 Å². The fourth-order valence-electron chi connectivity index (χ4n) is 2.74. The maximum Gasteiger partial charge on any atom is 0.106 e. The normalized spacial score (nSPS) is 17.2. The first-order valence-electron chi connectivity index (χ1n) is 7.09. The predicted molar refractivity (Wildman–Crippen MR) is 78.5 cm³/mol. The molecule has 0 spiro atoms. The zero-order valence-electron chi connectivity index (χ0n) is 11.8. The lowest BCUT2D eigenvalue weighted by Crippen LogP contribution is -2.44. The Morgan fingerprint density at radius 3 is 2.84 bits per heavy atom. The molecule has 19 heavy (non-hydrogen) atoms. The molecule has 4 heteroatoms. The molecular formula is C15H22N4. The largest absolute Gasteiger partial charge is 0.331 e. The van der Waals surface area contributed by atoms with E-state index in [4.69, 9.17) is 0 Å². The highest BCUT2D eigenvalue weighted by molar-refractivity contribution is 5.76. The predicted octanol–water partition coefficient (Wildman–Crippen LogP) is 1.33. The van der Waals surface area contributed by atoms with Crippen molar-refractivity contribution in [3.05, 3.63) is 29.6 Å². The first kappa shape index (κ1) is 12.6. The van der Waals surface area contributed by atoms with Crippen molar-refractivity contribution in [3.8, 4) is 0 Å². The molecule has 1 aromatic carbocycles. The summed E-state index contributed by atoms with van der Waals surface area (Å²) in [4.78, 5) is 7.14. The fourth-order valence-corrected chi connectivity index (χ4v) is 2.74. The monoisotopic (exact) mass is 258 g/mol. The number of benzene rings is 1. The standard InChI is InChI=1S/C15H22N4/c1-12-17-14-11-13(3-4-15(14)18(12)2)5-8-19-9-6-16-7-10-19/h3-4,11,16H,5-10H2,1-2H3. The number of rotatable bonds is 3. The minimum absolute atomic E-state index is 1.08. The highest BCUT2D eigenvalue weighted by Crippen LogP contribution is 2.16. The lowest BCUT2D eigenvalue weighted by molar-refractivity contribution is 0.244. The Balaban J connectivity index is 1.70. The van der Waals surface area contributed by atoms with Crippen LogP contribution in [0.15, 0.2) is 18.2 Å². The van der Waals surface area contributed by atoms with Crippen molar-refractivity contribution in [1.82, 2.24) is 19.8 Å². The number of aromatic nitrogens is 2. The number of hydrogen-bond donors (Lipinski definition) is 1. The maximum absolute atomic E-state index is 4.61. The van der Waals surface area contributed by atoms with Crippen LogP contribution in [0.1, 0.15) is 11.4 Å². The van der Waals surface area contributed by atoms with Gasteiger partial charge in [-0.1, -0.05) is 6.07 Å². The summed E-state index contributed by atoms with van der Waals surface area (Å²) in [7, 11) is 2.07. The van der Waals surface area contributed by atoms with Gasteiger partial charge >= 0.3 is 0 Å². The van der Waals surface area contributed by atoms with Crippen LogP contribution >= 0.6 is 0 Å². The average molecular weight is 258 g/mol. The van der Waals surface area contributed by atoms with Crippen molar-refractivity contribution in [1.29, 1.82) is 0 Å². The Bertz CT molecular complexity index is 567. The number of aryl methyl sites for hydroxylation is 2. The molecular weight excluding hydrogens is 236 g/mol. The molecule has 0 amide bonds. The van der Waals surface area contributed by atoms with E-state index in [1.165, 1.54) is 24.2 Å². The number of piperazine rings is 1. The molecule has 4 nitrogen and oxygen atoms in total. The highest BCUT2D eigenvalue weighted by atomic mass is 15.2. The van der Waals surface area contributed by atoms with Gasteiger partial charge in [0.1, 0.15) is 5.82 Å². The summed E-state index contributed by atoms with van der Waals surface area (Å²) < 4.78 is 2.15. The van der Waals surface area contributed by atoms with Gasteiger partial charge in [0.25, 0.3) is 0 Å². The number of hydrogen-bond acceptors (Lipinski definition) is 3. The van der Waals surface area contributed by atoms with Gasteiger partial charge in [-0.15, -0.1) is 0 Å². The smallest absolute Gasteiger partial charge is 0.106 e. The van der Waals surface area contributed by atoms with E-state index in [9.17, 15) is 0 Å². The third-order valence-electron chi connectivity index (χ3n) is 4.10. The van der Waals surface area contributed by atoms with Gasteiger partial charge < -0.3 is 14.8 Å². The van der Waals surface area contributed by atoms with Crippen LogP contribution in [0.5, 0.6) is 0 Å². The van der Waals surface area contributed by atoms with Crippen LogP contribution in [0.25, 0.3) is 11.0 Å². The van der Waals surface area contributed by atoms with E-state index in [1.54, 1.807) is 0 Å². The summed E-state index contributed by atoms with van der Waals surface area (Å²) in [5, 5.41) is 3.39. The fraction of sp³-hybridized carbons (Fsp3) is 0.533. The Morgan fingerprint density at radius 2 is 2.05 bits per heavy atom. The zero-order chi connectivity index (χ0) is 13.2. The van der Waals surface area contributed by atoms with Crippen molar-refractivity contribution >= 4 is 11.0 Å². The molecule has 3 rings (SSSR count). The van der Waals surface area contributed by atoms with E-state index in [0.29, 0.717) is 0 Å². The van der Waals surface area contributed by atoms with Crippen LogP contribution in [0.3, 0.4) is 0 Å². The molecule has 1 aliphatic heterocycles. The molecule has 2 aromatic rings. The van der Waals surface area contributed by atoms with Crippen molar-refractivity contribution in [2.24, 2.45) is 7.05 Å². The van der Waals surface area contributed by atoms with E-state index in [0.717, 1.165) is 37.4 Å². The van der Waals surface area contributed by atoms with Gasteiger partial charge in [-0.05, 0) is 31.0 Å². The molecule has 2 heterocycles. The van der Waals surface area contributed by atoms with Crippen LogP contribution in [0.2, 0.25) is 0 Å². The molecule has 1 aromatic heterocycles. The van der Waals surface area contributed by atoms with Gasteiger partial charge in [0.05, 0.1) is 11.0 Å². The molecule has 0 aliphatic carbocycles. The van der Waals surface area contributed by atoms with Gasteiger partial charge in [0.15, 0.2) is 0 Å². The summed E-state index contributed by atoms with van der Waals surface area (Å²) in [6, 6.07) is 6.68. The second-order valence-corrected chi connectivity index (χ2v) is 5.38. The Morgan fingerprint density at radius 1 is 1.26 bits per heavy atom. The minimum atomic E-state index is 1.08. The van der Waals surface area contributed by atoms with E-state index in [2.05, 4.69) is 51.9 Å². The lowest BCUT2D eigenvalue weighted by atomic mass is 10.1. The molecule has 102 valence electrons. The first-order valence-corrected chi connectivity index (χ1v) is 7.09. The van der Waals surface area contributed by atoms with Gasteiger partial charge in [-0.25, -0.2) is 4.98 Å². The molecule has 0 bridgehead atoms. The Hall–Kier alpha value is -1.39. The second kappa shape index (κ2) is 5.31. The third-order valence-corrected chi connectivity index (χ3v) is 4.10. The molecule has 1 saturated heterocycles. The molecule has 1 aliphatic rings. The van der Waals surface area contributed by atoms with Crippen molar-refractivity contribution in [2.45, 2.75) is 13.3 Å². The third kappa shape index (κ3) is 2.65. The summed E-state index contributed by atoms with van der Waals surface area (Å²) in [6.45, 7) is 7.80. The summed E-state index contributed by atoms with van der Waals surface area (Å²) >= 11 is 0. The highest BCUT2D eigenvalue weighted by Gasteiger charge is 2.10. The lowest BCUT2D eigenvalue weighted by Gasteiger charge is -2.27. The average Bonchev–Trinajstić information content (AvgIpc) is 2.73. The Kier molecular flexibility index (Phi) is 3.53. The number of nitrogens with one attached hydrogen (secondary N) is 1. The number of fused-ring (bicyclic) bond motifs is 1. The number of nitrogens with zero attached hydrogens (tertiary/aromatic N) is 3. The van der Waals surface area contributed by atoms with Crippen LogP contribution < -0.4 is 5.32 Å². The van der Waals surface area contributed by atoms with Gasteiger partial charge in [0.2, 0.25) is 0 Å². The van der Waals surface area contributed by atoms with Crippen LogP contribution in [0, 0.1) is 6.92 Å². The molecule has 0 atom stereocenters. The summed E-state index contributed by atoms with van der Waals surface area (Å²) in [5.41, 5.74) is 3.74. The number of imidazole rings is 1. The maximum atomic E-state index is 4.61. The van der Waals surface area contributed by atoms with Crippen LogP contribution in [-0.2, 0) is 13.5 Å². The first-order chi connectivity index (χ1) is 9.24. The quantitative estimate of drug-likeness (QED) is 0.901. The zero-order valence-corrected chi connectivity index (χ0v) is 11.8. The van der Waals surface area contributed by atoms with Gasteiger partial charge in [-0.2, -0.15) is 0 Å². The molecule has 0 saturated carbocycles. The van der Waals surface area contributed by atoms with Crippen molar-refractivity contribution in [3.63, 3.8) is 0 Å². The van der Waals surface area contributed by atoms with Crippen LogP contribution in [0.4, 0.5) is 0 Å². The molecule has 0 unspecified atom stereocenters. The van der Waals surface area contributed by atoms with E-state index in [1.807, 2.05) is 0 Å². The van der Waals surface area contributed by atoms with Crippen molar-refractivity contribution < 1.29 is 0 Å². The van der Waals surface area contributed by atoms with Gasteiger partial charge in [0, 0.05) is 39.8 Å². The topological polar surface area (TPSA) is 33.1 Å². The second-order valence-electron chi connectivity index (χ2n) is 5.38. The molecule has 1 fully saturated rings. The van der Waals surface area contributed by atoms with E-state index in [-0.39, 0.29) is 0 Å².